The van der Waals surface area contributed by atoms with Crippen LogP contribution in [0.3, 0.4) is 0 Å². The molecule has 0 saturated carbocycles. The maximum Gasteiger partial charge on any atom is 0.137 e. The molecule has 1 spiro atoms. The van der Waals surface area contributed by atoms with E-state index in [1.807, 2.05) is 23.9 Å². The Hall–Kier alpha value is -6.49. The summed E-state index contributed by atoms with van der Waals surface area (Å²) in [5, 5.41) is 4.39. The molecule has 2 aromatic heterocycles. The third-order valence-electron chi connectivity index (χ3n) is 11.3. The quantitative estimate of drug-likeness (QED) is 0.184. The van der Waals surface area contributed by atoms with Crippen molar-refractivity contribution in [2.75, 3.05) is 4.90 Å². The fourth-order valence-corrected chi connectivity index (χ4v) is 10.4. The molecule has 0 saturated heterocycles. The molecule has 248 valence electrons. The second-order valence-corrected chi connectivity index (χ2v) is 15.1. The van der Waals surface area contributed by atoms with Gasteiger partial charge in [0.05, 0.1) is 16.5 Å². The number of para-hydroxylation sites is 2. The first-order valence-electron chi connectivity index (χ1n) is 18.0. The summed E-state index contributed by atoms with van der Waals surface area (Å²) in [7, 11) is 0. The van der Waals surface area contributed by atoms with Crippen LogP contribution in [-0.4, -0.2) is 0 Å². The van der Waals surface area contributed by atoms with Crippen LogP contribution in [0.15, 0.2) is 195 Å². The molecule has 0 unspecified atom stereocenters. The molecular formula is C49H29NO2S. The van der Waals surface area contributed by atoms with Gasteiger partial charge in [0.25, 0.3) is 0 Å². The van der Waals surface area contributed by atoms with Gasteiger partial charge in [0.1, 0.15) is 22.3 Å². The number of hydrogen-bond acceptors (Lipinski definition) is 4. The number of benzene rings is 8. The highest BCUT2D eigenvalue weighted by Crippen LogP contribution is 2.63. The van der Waals surface area contributed by atoms with Gasteiger partial charge >= 0.3 is 0 Å². The zero-order chi connectivity index (χ0) is 34.7. The number of furan rings is 2. The first kappa shape index (κ1) is 29.1. The minimum atomic E-state index is -0.459. The van der Waals surface area contributed by atoms with Gasteiger partial charge in [-0.1, -0.05) is 115 Å². The Balaban J connectivity index is 1.15. The Labute approximate surface area is 309 Å². The minimum absolute atomic E-state index is 0.459. The van der Waals surface area contributed by atoms with Crippen molar-refractivity contribution in [2.45, 2.75) is 15.2 Å². The van der Waals surface area contributed by atoms with Crippen molar-refractivity contribution in [2.24, 2.45) is 0 Å². The van der Waals surface area contributed by atoms with Crippen LogP contribution in [0.25, 0.3) is 55.0 Å². The maximum atomic E-state index is 6.92. The average Bonchev–Trinajstić information content (AvgIpc) is 3.86. The lowest BCUT2D eigenvalue weighted by Gasteiger charge is -2.39. The average molecular weight is 696 g/mol. The summed E-state index contributed by atoms with van der Waals surface area (Å²) in [5.74, 6) is 0. The highest BCUT2D eigenvalue weighted by Gasteiger charge is 2.50. The number of fused-ring (bicyclic) bond motifs is 15. The summed E-state index contributed by atoms with van der Waals surface area (Å²) in [4.78, 5) is 4.94. The molecule has 1 aliphatic carbocycles. The normalized spacial score (nSPS) is 13.7. The summed E-state index contributed by atoms with van der Waals surface area (Å²) >= 11 is 1.87. The summed E-state index contributed by atoms with van der Waals surface area (Å²) in [6.45, 7) is 0. The zero-order valence-corrected chi connectivity index (χ0v) is 29.2. The Bertz CT molecular complexity index is 3070. The van der Waals surface area contributed by atoms with E-state index in [2.05, 4.69) is 169 Å². The Morgan fingerprint density at radius 2 is 1.06 bits per heavy atom. The lowest BCUT2D eigenvalue weighted by atomic mass is 9.67. The smallest absolute Gasteiger partial charge is 0.137 e. The molecule has 0 N–H and O–H groups in total. The van der Waals surface area contributed by atoms with E-state index < -0.39 is 5.41 Å². The largest absolute Gasteiger partial charge is 0.456 e. The van der Waals surface area contributed by atoms with Crippen molar-refractivity contribution < 1.29 is 8.83 Å². The van der Waals surface area contributed by atoms with Gasteiger partial charge in [-0.3, -0.25) is 0 Å². The van der Waals surface area contributed by atoms with Crippen LogP contribution in [0.4, 0.5) is 17.1 Å². The SMILES string of the molecule is c1ccc(N(c2ccc3oc4ccccc4c3c2)c2cccc3oc4cc5c(cc4c23)-c2ccccc2C52c3ccccc3Sc3ccccc32)cc1. The molecule has 3 heterocycles. The fraction of sp³-hybridized carbons (Fsp3) is 0.0204. The Morgan fingerprint density at radius 1 is 0.396 bits per heavy atom. The van der Waals surface area contributed by atoms with Crippen LogP contribution < -0.4 is 4.90 Å². The van der Waals surface area contributed by atoms with E-state index >= 15 is 0 Å². The van der Waals surface area contributed by atoms with Crippen molar-refractivity contribution in [1.29, 1.82) is 0 Å². The molecule has 4 heteroatoms. The van der Waals surface area contributed by atoms with Crippen molar-refractivity contribution >= 4 is 72.7 Å². The van der Waals surface area contributed by atoms with E-state index in [1.54, 1.807) is 0 Å². The first-order chi connectivity index (χ1) is 26.3. The van der Waals surface area contributed by atoms with Crippen LogP contribution >= 0.6 is 11.8 Å². The van der Waals surface area contributed by atoms with Crippen LogP contribution in [-0.2, 0) is 5.41 Å². The van der Waals surface area contributed by atoms with E-state index in [4.69, 9.17) is 8.83 Å². The number of nitrogens with zero attached hydrogens (tertiary/aromatic N) is 1. The van der Waals surface area contributed by atoms with Gasteiger partial charge in [-0.15, -0.1) is 0 Å². The van der Waals surface area contributed by atoms with Crippen molar-refractivity contribution in [3.8, 4) is 11.1 Å². The highest BCUT2D eigenvalue weighted by molar-refractivity contribution is 7.99. The number of rotatable bonds is 3. The molecule has 1 aliphatic heterocycles. The van der Waals surface area contributed by atoms with E-state index in [-0.39, 0.29) is 0 Å². The second kappa shape index (κ2) is 10.8. The molecule has 10 aromatic rings. The van der Waals surface area contributed by atoms with Gasteiger partial charge in [0.2, 0.25) is 0 Å². The lowest BCUT2D eigenvalue weighted by Crippen LogP contribution is -2.31. The molecule has 12 rings (SSSR count). The predicted molar refractivity (Wildman–Crippen MR) is 217 cm³/mol. The van der Waals surface area contributed by atoms with Crippen LogP contribution in [0.1, 0.15) is 22.3 Å². The molecule has 2 aliphatic rings. The lowest BCUT2D eigenvalue weighted by molar-refractivity contribution is 0.664. The molecule has 0 fully saturated rings. The van der Waals surface area contributed by atoms with Gasteiger partial charge in [-0.05, 0) is 106 Å². The summed E-state index contributed by atoms with van der Waals surface area (Å²) < 4.78 is 13.2. The summed E-state index contributed by atoms with van der Waals surface area (Å²) in [6.07, 6.45) is 0. The second-order valence-electron chi connectivity index (χ2n) is 14.0. The highest BCUT2D eigenvalue weighted by atomic mass is 32.2. The predicted octanol–water partition coefficient (Wildman–Crippen LogP) is 13.8. The number of anilines is 3. The van der Waals surface area contributed by atoms with E-state index in [0.717, 1.165) is 60.9 Å². The summed E-state index contributed by atoms with van der Waals surface area (Å²) in [6, 6.07) is 63.4. The van der Waals surface area contributed by atoms with E-state index in [0.29, 0.717) is 0 Å². The maximum absolute atomic E-state index is 6.92. The third kappa shape index (κ3) is 3.91. The Morgan fingerprint density at radius 3 is 1.89 bits per heavy atom. The number of hydrogen-bond donors (Lipinski definition) is 0. The van der Waals surface area contributed by atoms with Gasteiger partial charge in [-0.2, -0.15) is 0 Å². The topological polar surface area (TPSA) is 29.5 Å². The van der Waals surface area contributed by atoms with Crippen LogP contribution in [0, 0.1) is 0 Å². The van der Waals surface area contributed by atoms with E-state index in [1.165, 1.54) is 43.2 Å². The third-order valence-corrected chi connectivity index (χ3v) is 12.5. The molecular weight excluding hydrogens is 667 g/mol. The minimum Gasteiger partial charge on any atom is -0.456 e. The molecule has 8 aromatic carbocycles. The zero-order valence-electron chi connectivity index (χ0n) is 28.4. The Kier molecular flexibility index (Phi) is 5.92. The fourth-order valence-electron chi connectivity index (χ4n) is 9.20. The molecule has 0 radical (unpaired) electrons. The molecule has 3 nitrogen and oxygen atoms in total. The molecule has 0 bridgehead atoms. The van der Waals surface area contributed by atoms with E-state index in [9.17, 15) is 0 Å². The van der Waals surface area contributed by atoms with Gasteiger partial charge in [0, 0.05) is 37.3 Å². The molecule has 53 heavy (non-hydrogen) atoms. The van der Waals surface area contributed by atoms with Gasteiger partial charge in [0.15, 0.2) is 0 Å². The monoisotopic (exact) mass is 695 g/mol. The molecule has 0 atom stereocenters. The summed E-state index contributed by atoms with van der Waals surface area (Å²) in [5.41, 5.74) is 14.0. The van der Waals surface area contributed by atoms with Crippen LogP contribution in [0.5, 0.6) is 0 Å². The van der Waals surface area contributed by atoms with Crippen molar-refractivity contribution in [3.63, 3.8) is 0 Å². The van der Waals surface area contributed by atoms with Crippen LogP contribution in [0.2, 0.25) is 0 Å². The van der Waals surface area contributed by atoms with Crippen molar-refractivity contribution in [1.82, 2.24) is 0 Å². The standard InChI is InChI=1S/C49H29NO2S/c1-2-13-30(14-3-1)50(31-25-26-43-35(27-31)33-16-5-9-21-42(33)51-43)41-20-12-22-44-48(41)36-28-34-32-15-4-6-17-37(32)49(40(34)29-45(36)52-44)38-18-7-10-23-46(38)53-47-24-11-8-19-39(47)49/h1-29H. The van der Waals surface area contributed by atoms with Gasteiger partial charge < -0.3 is 13.7 Å². The van der Waals surface area contributed by atoms with Crippen molar-refractivity contribution in [3.05, 3.63) is 198 Å². The molecule has 0 amide bonds. The first-order valence-corrected chi connectivity index (χ1v) is 18.8. The van der Waals surface area contributed by atoms with Gasteiger partial charge in [-0.25, -0.2) is 0 Å².